The molecule has 1 unspecified atom stereocenters. The van der Waals surface area contributed by atoms with E-state index in [1.165, 1.54) is 0 Å². The number of nitrogen functional groups attached to an aromatic ring is 1. The zero-order valence-corrected chi connectivity index (χ0v) is 12.4. The molecule has 1 atom stereocenters. The quantitative estimate of drug-likeness (QED) is 0.746. The lowest BCUT2D eigenvalue weighted by atomic mass is 10.0. The highest BCUT2D eigenvalue weighted by Crippen LogP contribution is 2.21. The first-order valence-corrected chi connectivity index (χ1v) is 7.08. The number of aryl methyl sites for hydroxylation is 1. The van der Waals surface area contributed by atoms with Crippen LogP contribution in [0.4, 0.5) is 16.2 Å². The predicted molar refractivity (Wildman–Crippen MR) is 87.2 cm³/mol. The first-order valence-electron chi connectivity index (χ1n) is 7.08. The van der Waals surface area contributed by atoms with Gasteiger partial charge in [0.15, 0.2) is 0 Å². The molecule has 0 saturated carbocycles. The predicted octanol–water partition coefficient (Wildman–Crippen LogP) is 3.85. The molecule has 0 aliphatic rings. The Balaban J connectivity index is 2.04. The number of nitrogens with two attached hydrogens (primary N) is 1. The Kier molecular flexibility index (Phi) is 4.82. The summed E-state index contributed by atoms with van der Waals surface area (Å²) in [5.74, 6) is 0. The molecule has 0 saturated heterocycles. The molecule has 0 heterocycles. The number of hydrogen-bond donors (Lipinski definition) is 3. The van der Waals surface area contributed by atoms with Gasteiger partial charge >= 0.3 is 6.03 Å². The lowest BCUT2D eigenvalue weighted by Gasteiger charge is -2.19. The summed E-state index contributed by atoms with van der Waals surface area (Å²) in [6.45, 7) is 4.00. The minimum atomic E-state index is -0.216. The molecule has 0 aromatic heterocycles. The summed E-state index contributed by atoms with van der Waals surface area (Å²) < 4.78 is 0. The third kappa shape index (κ3) is 3.99. The molecule has 2 amide bonds. The molecule has 2 aromatic rings. The summed E-state index contributed by atoms with van der Waals surface area (Å²) in [4.78, 5) is 12.1. The van der Waals surface area contributed by atoms with Gasteiger partial charge in [0, 0.05) is 11.4 Å². The summed E-state index contributed by atoms with van der Waals surface area (Å²) in [5, 5.41) is 5.79. The summed E-state index contributed by atoms with van der Waals surface area (Å²) in [7, 11) is 0. The number of carbonyl (C=O) groups is 1. The molecular formula is C17H21N3O. The van der Waals surface area contributed by atoms with Crippen LogP contribution in [-0.4, -0.2) is 6.03 Å². The lowest BCUT2D eigenvalue weighted by Crippen LogP contribution is -2.32. The molecule has 0 aliphatic heterocycles. The summed E-state index contributed by atoms with van der Waals surface area (Å²) in [5.41, 5.74) is 9.52. The van der Waals surface area contributed by atoms with Gasteiger partial charge in [-0.1, -0.05) is 37.3 Å². The minimum Gasteiger partial charge on any atom is -0.399 e. The Morgan fingerprint density at radius 2 is 1.90 bits per heavy atom. The zero-order chi connectivity index (χ0) is 15.2. The van der Waals surface area contributed by atoms with Crippen LogP contribution in [0.5, 0.6) is 0 Å². The molecule has 4 nitrogen and oxygen atoms in total. The van der Waals surface area contributed by atoms with Crippen LogP contribution >= 0.6 is 0 Å². The summed E-state index contributed by atoms with van der Waals surface area (Å²) in [6, 6.07) is 15.0. The van der Waals surface area contributed by atoms with Crippen LogP contribution in [0.25, 0.3) is 0 Å². The fraction of sp³-hybridized carbons (Fsp3) is 0.235. The number of hydrogen-bond acceptors (Lipinski definition) is 2. The number of carbonyl (C=O) groups excluding carboxylic acids is 1. The van der Waals surface area contributed by atoms with E-state index in [2.05, 4.69) is 10.6 Å². The number of anilines is 2. The van der Waals surface area contributed by atoms with Crippen molar-refractivity contribution in [1.29, 1.82) is 0 Å². The second-order valence-electron chi connectivity index (χ2n) is 5.04. The van der Waals surface area contributed by atoms with Crippen molar-refractivity contribution in [1.82, 2.24) is 5.32 Å². The van der Waals surface area contributed by atoms with Gasteiger partial charge in [-0.05, 0) is 42.7 Å². The van der Waals surface area contributed by atoms with Gasteiger partial charge in [-0.3, -0.25) is 0 Å². The molecule has 0 spiro atoms. The first kappa shape index (κ1) is 14.9. The van der Waals surface area contributed by atoms with Gasteiger partial charge in [-0.2, -0.15) is 0 Å². The Hall–Kier alpha value is -2.49. The van der Waals surface area contributed by atoms with Crippen LogP contribution in [0.2, 0.25) is 0 Å². The minimum absolute atomic E-state index is 0.0587. The Bertz CT molecular complexity index is 611. The normalized spacial score (nSPS) is 11.7. The van der Waals surface area contributed by atoms with Crippen LogP contribution in [0, 0.1) is 6.92 Å². The average molecular weight is 283 g/mol. The van der Waals surface area contributed by atoms with E-state index < -0.39 is 0 Å². The molecule has 0 aliphatic carbocycles. The lowest BCUT2D eigenvalue weighted by molar-refractivity contribution is 0.248. The second-order valence-corrected chi connectivity index (χ2v) is 5.04. The molecule has 0 bridgehead atoms. The van der Waals surface area contributed by atoms with E-state index in [4.69, 9.17) is 5.73 Å². The number of benzene rings is 2. The van der Waals surface area contributed by atoms with Crippen LogP contribution < -0.4 is 16.4 Å². The van der Waals surface area contributed by atoms with Crippen molar-refractivity contribution < 1.29 is 4.79 Å². The molecule has 4 heteroatoms. The van der Waals surface area contributed by atoms with Crippen LogP contribution in [0.15, 0.2) is 48.5 Å². The van der Waals surface area contributed by atoms with Crippen molar-refractivity contribution in [3.05, 3.63) is 59.7 Å². The fourth-order valence-electron chi connectivity index (χ4n) is 2.14. The highest BCUT2D eigenvalue weighted by atomic mass is 16.2. The Labute approximate surface area is 125 Å². The van der Waals surface area contributed by atoms with E-state index in [9.17, 15) is 4.79 Å². The topological polar surface area (TPSA) is 67.2 Å². The van der Waals surface area contributed by atoms with Gasteiger partial charge in [0.2, 0.25) is 0 Å². The van der Waals surface area contributed by atoms with Crippen molar-refractivity contribution in [2.75, 3.05) is 11.1 Å². The maximum atomic E-state index is 12.1. The van der Waals surface area contributed by atoms with Crippen molar-refractivity contribution in [3.8, 4) is 0 Å². The monoisotopic (exact) mass is 283 g/mol. The standard InChI is InChI=1S/C17H21N3O/c1-3-16(13-10-9-12(2)15(18)11-13)20-17(21)19-14-7-5-4-6-8-14/h4-11,16H,3,18H2,1-2H3,(H2,19,20,21). The van der Waals surface area contributed by atoms with Crippen LogP contribution in [0.1, 0.15) is 30.5 Å². The molecule has 21 heavy (non-hydrogen) atoms. The SMILES string of the molecule is CCC(NC(=O)Nc1ccccc1)c1ccc(C)c(N)c1. The first-order chi connectivity index (χ1) is 10.1. The van der Waals surface area contributed by atoms with Crippen LogP contribution in [0.3, 0.4) is 0 Å². The Morgan fingerprint density at radius 3 is 2.52 bits per heavy atom. The number of para-hydroxylation sites is 1. The second kappa shape index (κ2) is 6.79. The maximum absolute atomic E-state index is 12.1. The number of urea groups is 1. The molecule has 2 aromatic carbocycles. The van der Waals surface area contributed by atoms with Crippen molar-refractivity contribution in [2.45, 2.75) is 26.3 Å². The largest absolute Gasteiger partial charge is 0.399 e. The maximum Gasteiger partial charge on any atom is 0.319 e. The van der Waals surface area contributed by atoms with E-state index in [0.29, 0.717) is 0 Å². The third-order valence-electron chi connectivity index (χ3n) is 3.45. The Morgan fingerprint density at radius 1 is 1.19 bits per heavy atom. The fourth-order valence-corrected chi connectivity index (χ4v) is 2.14. The van der Waals surface area contributed by atoms with E-state index in [-0.39, 0.29) is 12.1 Å². The van der Waals surface area contributed by atoms with E-state index >= 15 is 0 Å². The average Bonchev–Trinajstić information content (AvgIpc) is 2.49. The van der Waals surface area contributed by atoms with Gasteiger partial charge in [-0.25, -0.2) is 4.79 Å². The van der Waals surface area contributed by atoms with Crippen LogP contribution in [-0.2, 0) is 0 Å². The zero-order valence-electron chi connectivity index (χ0n) is 12.4. The van der Waals surface area contributed by atoms with Crippen molar-refractivity contribution in [3.63, 3.8) is 0 Å². The van der Waals surface area contributed by atoms with E-state index in [1.807, 2.05) is 62.4 Å². The molecule has 0 radical (unpaired) electrons. The highest BCUT2D eigenvalue weighted by Gasteiger charge is 2.13. The van der Waals surface area contributed by atoms with Gasteiger partial charge in [0.05, 0.1) is 6.04 Å². The van der Waals surface area contributed by atoms with Crippen molar-refractivity contribution >= 4 is 17.4 Å². The third-order valence-corrected chi connectivity index (χ3v) is 3.45. The highest BCUT2D eigenvalue weighted by molar-refractivity contribution is 5.89. The summed E-state index contributed by atoms with van der Waals surface area (Å²) >= 11 is 0. The molecule has 4 N–H and O–H groups in total. The van der Waals surface area contributed by atoms with Gasteiger partial charge in [0.25, 0.3) is 0 Å². The van der Waals surface area contributed by atoms with Gasteiger partial charge in [-0.15, -0.1) is 0 Å². The number of amides is 2. The van der Waals surface area contributed by atoms with Gasteiger partial charge < -0.3 is 16.4 Å². The number of nitrogens with one attached hydrogen (secondary N) is 2. The molecular weight excluding hydrogens is 262 g/mol. The van der Waals surface area contributed by atoms with Crippen molar-refractivity contribution in [2.24, 2.45) is 0 Å². The van der Waals surface area contributed by atoms with Gasteiger partial charge in [0.1, 0.15) is 0 Å². The smallest absolute Gasteiger partial charge is 0.319 e. The molecule has 2 rings (SSSR count). The van der Waals surface area contributed by atoms with E-state index in [0.717, 1.165) is 28.9 Å². The number of rotatable bonds is 4. The molecule has 0 fully saturated rings. The van der Waals surface area contributed by atoms with E-state index in [1.54, 1.807) is 0 Å². The molecule has 110 valence electrons. The summed E-state index contributed by atoms with van der Waals surface area (Å²) in [6.07, 6.45) is 0.796.